The van der Waals surface area contributed by atoms with Gasteiger partial charge in [0.15, 0.2) is 0 Å². The van der Waals surface area contributed by atoms with Gasteiger partial charge in [0.2, 0.25) is 0 Å². The van der Waals surface area contributed by atoms with Crippen LogP contribution in [0.15, 0.2) is 66.7 Å². The van der Waals surface area contributed by atoms with Crippen LogP contribution in [0.2, 0.25) is 5.02 Å². The second-order valence-electron chi connectivity index (χ2n) is 5.35. The zero-order valence-electron chi connectivity index (χ0n) is 13.4. The van der Waals surface area contributed by atoms with Crippen LogP contribution in [0.1, 0.15) is 10.4 Å². The lowest BCUT2D eigenvalue weighted by atomic mass is 10.0. The molecule has 0 aliphatic heterocycles. The molecular weight excluding hydrogens is 360 g/mol. The summed E-state index contributed by atoms with van der Waals surface area (Å²) in [5, 5.41) is 3.36. The Kier molecular flexibility index (Phi) is 5.49. The first kappa shape index (κ1) is 17.9. The number of benzene rings is 3. The third-order valence-corrected chi connectivity index (χ3v) is 3.81. The largest absolute Gasteiger partial charge is 0.435 e. The molecule has 0 aliphatic carbocycles. The molecule has 6 heteroatoms. The van der Waals surface area contributed by atoms with Crippen molar-refractivity contribution < 1.29 is 18.3 Å². The van der Waals surface area contributed by atoms with E-state index in [2.05, 4.69) is 16.1 Å². The summed E-state index contributed by atoms with van der Waals surface area (Å²) < 4.78 is 28.7. The molecule has 0 atom stereocenters. The van der Waals surface area contributed by atoms with Crippen LogP contribution in [-0.2, 0) is 0 Å². The van der Waals surface area contributed by atoms with Crippen LogP contribution < -0.4 is 10.1 Å². The van der Waals surface area contributed by atoms with Crippen molar-refractivity contribution in [3.05, 3.63) is 83.4 Å². The first-order valence-corrected chi connectivity index (χ1v) is 8.03. The highest BCUT2D eigenvalue weighted by Crippen LogP contribution is 2.24. The Bertz CT molecular complexity index is 896. The third kappa shape index (κ3) is 4.58. The van der Waals surface area contributed by atoms with Gasteiger partial charge in [0.1, 0.15) is 5.75 Å². The number of rotatable bonds is 5. The first-order chi connectivity index (χ1) is 12.5. The van der Waals surface area contributed by atoms with Gasteiger partial charge in [-0.15, -0.1) is 0 Å². The molecule has 0 fully saturated rings. The van der Waals surface area contributed by atoms with Crippen molar-refractivity contribution in [2.75, 3.05) is 5.32 Å². The minimum atomic E-state index is -2.87. The van der Waals surface area contributed by atoms with Gasteiger partial charge < -0.3 is 10.1 Å². The van der Waals surface area contributed by atoms with Gasteiger partial charge in [-0.2, -0.15) is 8.78 Å². The van der Waals surface area contributed by atoms with Crippen molar-refractivity contribution in [3.63, 3.8) is 0 Å². The van der Waals surface area contributed by atoms with Crippen LogP contribution in [0.4, 0.5) is 14.5 Å². The third-order valence-electron chi connectivity index (χ3n) is 3.56. The smallest absolute Gasteiger partial charge is 0.387 e. The fourth-order valence-corrected chi connectivity index (χ4v) is 2.45. The van der Waals surface area contributed by atoms with E-state index in [1.54, 1.807) is 54.6 Å². The number of ether oxygens (including phenoxy) is 1. The summed E-state index contributed by atoms with van der Waals surface area (Å²) in [5.41, 5.74) is 2.47. The van der Waals surface area contributed by atoms with E-state index >= 15 is 0 Å². The molecule has 0 heterocycles. The van der Waals surface area contributed by atoms with Crippen molar-refractivity contribution in [1.82, 2.24) is 0 Å². The lowest BCUT2D eigenvalue weighted by molar-refractivity contribution is -0.0498. The van der Waals surface area contributed by atoms with Gasteiger partial charge in [0, 0.05) is 16.3 Å². The number of nitrogens with one attached hydrogen (secondary N) is 1. The number of carbonyl (C=O) groups is 1. The predicted molar refractivity (Wildman–Crippen MR) is 96.8 cm³/mol. The standard InChI is InChI=1S/C20H13ClF2NO2/c21-16-6-8-17(9-7-16)24-19(25)15-3-1-2-14(12-15)13-4-10-18(11-5-13)26-20(22)23/h1,3-12,20H,(H,24,25). The van der Waals surface area contributed by atoms with Crippen molar-refractivity contribution in [1.29, 1.82) is 0 Å². The van der Waals surface area contributed by atoms with Crippen LogP contribution >= 0.6 is 11.6 Å². The SMILES string of the molecule is O=C(Nc1ccc(Cl)cc1)c1cc[c]c(-c2ccc(OC(F)F)cc2)c1. The summed E-state index contributed by atoms with van der Waals surface area (Å²) in [5.74, 6) is -0.208. The molecule has 0 saturated heterocycles. The van der Waals surface area contributed by atoms with E-state index in [-0.39, 0.29) is 11.7 Å². The molecule has 0 aromatic heterocycles. The Labute approximate surface area is 154 Å². The Morgan fingerprint density at radius 3 is 2.38 bits per heavy atom. The molecule has 131 valence electrons. The molecule has 3 rings (SSSR count). The van der Waals surface area contributed by atoms with Crippen LogP contribution in [0.3, 0.4) is 0 Å². The Morgan fingerprint density at radius 2 is 1.73 bits per heavy atom. The lowest BCUT2D eigenvalue weighted by Crippen LogP contribution is -2.11. The average Bonchev–Trinajstić information content (AvgIpc) is 2.64. The molecule has 0 aliphatic rings. The molecular formula is C20H13ClF2NO2. The first-order valence-electron chi connectivity index (χ1n) is 7.65. The molecule has 1 radical (unpaired) electrons. The van der Waals surface area contributed by atoms with E-state index in [9.17, 15) is 13.6 Å². The molecule has 0 bridgehead atoms. The van der Waals surface area contributed by atoms with Crippen molar-refractivity contribution >= 4 is 23.2 Å². The van der Waals surface area contributed by atoms with E-state index in [1.165, 1.54) is 12.1 Å². The summed E-state index contributed by atoms with van der Waals surface area (Å²) in [6.07, 6.45) is 0. The quantitative estimate of drug-likeness (QED) is 0.627. The minimum Gasteiger partial charge on any atom is -0.435 e. The molecule has 0 unspecified atom stereocenters. The monoisotopic (exact) mass is 372 g/mol. The van der Waals surface area contributed by atoms with E-state index in [0.29, 0.717) is 21.8 Å². The fraction of sp³-hybridized carbons (Fsp3) is 0.0500. The fourth-order valence-electron chi connectivity index (χ4n) is 2.33. The minimum absolute atomic E-state index is 0.0698. The molecule has 1 N–H and O–H groups in total. The Balaban J connectivity index is 1.77. The number of hydrogen-bond donors (Lipinski definition) is 1. The van der Waals surface area contributed by atoms with Gasteiger partial charge in [-0.3, -0.25) is 4.79 Å². The van der Waals surface area contributed by atoms with E-state index in [0.717, 1.165) is 5.56 Å². The predicted octanol–water partition coefficient (Wildman–Crippen LogP) is 5.66. The highest BCUT2D eigenvalue weighted by molar-refractivity contribution is 6.30. The molecule has 3 aromatic rings. The second-order valence-corrected chi connectivity index (χ2v) is 5.79. The van der Waals surface area contributed by atoms with Gasteiger partial charge in [-0.1, -0.05) is 29.8 Å². The number of hydrogen-bond acceptors (Lipinski definition) is 2. The average molecular weight is 373 g/mol. The van der Waals surface area contributed by atoms with Gasteiger partial charge >= 0.3 is 6.61 Å². The molecule has 1 amide bonds. The maximum absolute atomic E-state index is 12.4. The van der Waals surface area contributed by atoms with Crippen molar-refractivity contribution in [2.24, 2.45) is 0 Å². The van der Waals surface area contributed by atoms with Gasteiger partial charge in [-0.25, -0.2) is 0 Å². The summed E-state index contributed by atoms with van der Waals surface area (Å²) in [4.78, 5) is 12.4. The van der Waals surface area contributed by atoms with E-state index in [4.69, 9.17) is 11.6 Å². The molecule has 3 aromatic carbocycles. The van der Waals surface area contributed by atoms with Crippen molar-refractivity contribution in [3.8, 4) is 16.9 Å². The van der Waals surface area contributed by atoms with Gasteiger partial charge in [0.05, 0.1) is 0 Å². The number of halogens is 3. The normalized spacial score (nSPS) is 10.6. The summed E-state index contributed by atoms with van der Waals surface area (Å²) in [6.45, 7) is -2.87. The van der Waals surface area contributed by atoms with Gasteiger partial charge in [0.25, 0.3) is 5.91 Å². The lowest BCUT2D eigenvalue weighted by Gasteiger charge is -2.08. The zero-order valence-corrected chi connectivity index (χ0v) is 14.1. The van der Waals surface area contributed by atoms with E-state index in [1.807, 2.05) is 0 Å². The molecule has 0 saturated carbocycles. The summed E-state index contributed by atoms with van der Waals surface area (Å²) >= 11 is 5.83. The number of alkyl halides is 2. The Morgan fingerprint density at radius 1 is 1.04 bits per heavy atom. The Hall–Kier alpha value is -2.92. The number of amides is 1. The molecule has 0 spiro atoms. The van der Waals surface area contributed by atoms with Crippen LogP contribution in [0.25, 0.3) is 11.1 Å². The van der Waals surface area contributed by atoms with Crippen LogP contribution in [-0.4, -0.2) is 12.5 Å². The number of anilines is 1. The molecule has 3 nitrogen and oxygen atoms in total. The highest BCUT2D eigenvalue weighted by atomic mass is 35.5. The van der Waals surface area contributed by atoms with Crippen molar-refractivity contribution in [2.45, 2.75) is 6.61 Å². The molecule has 26 heavy (non-hydrogen) atoms. The van der Waals surface area contributed by atoms with Crippen LogP contribution in [0.5, 0.6) is 5.75 Å². The maximum atomic E-state index is 12.4. The van der Waals surface area contributed by atoms with Crippen LogP contribution in [0, 0.1) is 6.07 Å². The van der Waals surface area contributed by atoms with Gasteiger partial charge in [-0.05, 0) is 65.7 Å². The zero-order chi connectivity index (χ0) is 18.5. The maximum Gasteiger partial charge on any atom is 0.387 e. The van der Waals surface area contributed by atoms with E-state index < -0.39 is 6.61 Å². The highest BCUT2D eigenvalue weighted by Gasteiger charge is 2.09. The topological polar surface area (TPSA) is 38.3 Å². The summed E-state index contributed by atoms with van der Waals surface area (Å²) in [7, 11) is 0. The number of carbonyl (C=O) groups excluding carboxylic acids is 1. The second kappa shape index (κ2) is 7.97. The summed E-state index contributed by atoms with van der Waals surface area (Å²) in [6, 6.07) is 20.9.